The van der Waals surface area contributed by atoms with E-state index in [1.54, 1.807) is 18.2 Å². The Balaban J connectivity index is 2.77. The van der Waals surface area contributed by atoms with Crippen molar-refractivity contribution in [3.05, 3.63) is 23.8 Å². The second kappa shape index (κ2) is 5.65. The van der Waals surface area contributed by atoms with Gasteiger partial charge in [0.1, 0.15) is 5.75 Å². The van der Waals surface area contributed by atoms with Gasteiger partial charge in [0.15, 0.2) is 0 Å². The summed E-state index contributed by atoms with van der Waals surface area (Å²) in [5.41, 5.74) is 7.08. The first-order valence-corrected chi connectivity index (χ1v) is 6.37. The SMILES string of the molecule is CCNC(=O)CS(=O)c1ccc(N)cc1C. The highest BCUT2D eigenvalue weighted by molar-refractivity contribution is 7.85. The predicted molar refractivity (Wildman–Crippen MR) is 65.6 cm³/mol. The molecule has 4 nitrogen and oxygen atoms in total. The van der Waals surface area contributed by atoms with Crippen molar-refractivity contribution in [2.24, 2.45) is 0 Å². The van der Waals surface area contributed by atoms with E-state index in [2.05, 4.69) is 5.32 Å². The summed E-state index contributed by atoms with van der Waals surface area (Å²) in [5, 5.41) is 2.62. The monoisotopic (exact) mass is 240 g/mol. The number of rotatable bonds is 4. The third kappa shape index (κ3) is 3.34. The van der Waals surface area contributed by atoms with Gasteiger partial charge in [0, 0.05) is 17.1 Å². The minimum absolute atomic E-state index is 0.00139. The average molecular weight is 240 g/mol. The third-order valence-corrected chi connectivity index (χ3v) is 3.55. The van der Waals surface area contributed by atoms with Crippen LogP contribution in [0, 0.1) is 6.92 Å². The van der Waals surface area contributed by atoms with Gasteiger partial charge in [-0.05, 0) is 37.6 Å². The zero-order valence-electron chi connectivity index (χ0n) is 9.45. The summed E-state index contributed by atoms with van der Waals surface area (Å²) in [6.45, 7) is 4.22. The second-order valence-corrected chi connectivity index (χ2v) is 4.89. The molecule has 5 heteroatoms. The van der Waals surface area contributed by atoms with E-state index in [4.69, 9.17) is 5.73 Å². The molecule has 16 heavy (non-hydrogen) atoms. The molecule has 0 aliphatic heterocycles. The predicted octanol–water partition coefficient (Wildman–Crippen LogP) is 0.821. The molecule has 0 aromatic heterocycles. The van der Waals surface area contributed by atoms with Crippen LogP contribution in [0.1, 0.15) is 12.5 Å². The standard InChI is InChI=1S/C11H16N2O2S/c1-3-13-11(14)7-16(15)10-5-4-9(12)6-8(10)2/h4-6H,3,7,12H2,1-2H3,(H,13,14). The fourth-order valence-corrected chi connectivity index (χ4v) is 2.51. The number of amides is 1. The summed E-state index contributed by atoms with van der Waals surface area (Å²) >= 11 is 0. The molecule has 0 spiro atoms. The number of hydrogen-bond acceptors (Lipinski definition) is 3. The summed E-state index contributed by atoms with van der Waals surface area (Å²) in [6.07, 6.45) is 0. The van der Waals surface area contributed by atoms with Crippen LogP contribution in [0.25, 0.3) is 0 Å². The molecule has 0 fully saturated rings. The van der Waals surface area contributed by atoms with Gasteiger partial charge < -0.3 is 11.1 Å². The van der Waals surface area contributed by atoms with E-state index in [0.717, 1.165) is 5.56 Å². The quantitative estimate of drug-likeness (QED) is 0.765. The number of nitrogens with two attached hydrogens (primary N) is 1. The number of nitrogens with one attached hydrogen (secondary N) is 1. The van der Waals surface area contributed by atoms with Crippen LogP contribution in [0.4, 0.5) is 5.69 Å². The molecule has 0 aliphatic rings. The number of carbonyl (C=O) groups is 1. The van der Waals surface area contributed by atoms with E-state index < -0.39 is 10.8 Å². The molecule has 0 aliphatic carbocycles. The van der Waals surface area contributed by atoms with E-state index in [-0.39, 0.29) is 11.7 Å². The van der Waals surface area contributed by atoms with Crippen molar-refractivity contribution in [1.29, 1.82) is 0 Å². The normalized spacial score (nSPS) is 12.1. The Hall–Kier alpha value is -1.36. The molecule has 1 aromatic rings. The van der Waals surface area contributed by atoms with Gasteiger partial charge in [0.25, 0.3) is 0 Å². The Morgan fingerprint density at radius 1 is 1.50 bits per heavy atom. The fraction of sp³-hybridized carbons (Fsp3) is 0.364. The maximum Gasteiger partial charge on any atom is 0.232 e. The highest BCUT2D eigenvalue weighted by atomic mass is 32.2. The van der Waals surface area contributed by atoms with Crippen LogP contribution >= 0.6 is 0 Å². The minimum atomic E-state index is -1.30. The highest BCUT2D eigenvalue weighted by Crippen LogP contribution is 2.16. The van der Waals surface area contributed by atoms with Gasteiger partial charge in [0.05, 0.1) is 10.8 Å². The van der Waals surface area contributed by atoms with Crippen molar-refractivity contribution < 1.29 is 9.00 Å². The summed E-state index contributed by atoms with van der Waals surface area (Å²) in [7, 11) is -1.30. The Bertz CT molecular complexity index is 418. The Kier molecular flexibility index (Phi) is 4.49. The van der Waals surface area contributed by atoms with E-state index in [0.29, 0.717) is 17.1 Å². The van der Waals surface area contributed by atoms with E-state index >= 15 is 0 Å². The highest BCUT2D eigenvalue weighted by Gasteiger charge is 2.11. The zero-order chi connectivity index (χ0) is 12.1. The van der Waals surface area contributed by atoms with Crippen LogP contribution in [0.3, 0.4) is 0 Å². The van der Waals surface area contributed by atoms with E-state index in [1.165, 1.54) is 0 Å². The van der Waals surface area contributed by atoms with Crippen LogP contribution in [-0.4, -0.2) is 22.4 Å². The molecule has 1 atom stereocenters. The van der Waals surface area contributed by atoms with Gasteiger partial charge in [0.2, 0.25) is 5.91 Å². The van der Waals surface area contributed by atoms with Crippen molar-refractivity contribution in [2.75, 3.05) is 18.0 Å². The van der Waals surface area contributed by atoms with Crippen LogP contribution in [-0.2, 0) is 15.6 Å². The molecule has 0 heterocycles. The number of benzene rings is 1. The molecule has 0 bridgehead atoms. The van der Waals surface area contributed by atoms with E-state index in [9.17, 15) is 9.00 Å². The van der Waals surface area contributed by atoms with Crippen LogP contribution in [0.5, 0.6) is 0 Å². The lowest BCUT2D eigenvalue weighted by Crippen LogP contribution is -2.28. The van der Waals surface area contributed by atoms with Crippen LogP contribution in [0.2, 0.25) is 0 Å². The first-order chi connectivity index (χ1) is 7.54. The average Bonchev–Trinajstić information content (AvgIpc) is 2.17. The molecule has 1 amide bonds. The van der Waals surface area contributed by atoms with Gasteiger partial charge >= 0.3 is 0 Å². The molecule has 3 N–H and O–H groups in total. The van der Waals surface area contributed by atoms with Crippen molar-refractivity contribution in [1.82, 2.24) is 5.32 Å². The minimum Gasteiger partial charge on any atom is -0.399 e. The van der Waals surface area contributed by atoms with Gasteiger partial charge in [-0.2, -0.15) is 0 Å². The Labute approximate surface area is 97.7 Å². The number of anilines is 1. The number of carbonyl (C=O) groups excluding carboxylic acids is 1. The molecular weight excluding hydrogens is 224 g/mol. The van der Waals surface area contributed by atoms with Gasteiger partial charge in [-0.25, -0.2) is 0 Å². The van der Waals surface area contributed by atoms with Gasteiger partial charge in [-0.3, -0.25) is 9.00 Å². The van der Waals surface area contributed by atoms with Crippen LogP contribution < -0.4 is 11.1 Å². The first-order valence-electron chi connectivity index (χ1n) is 5.05. The van der Waals surface area contributed by atoms with Gasteiger partial charge in [-0.15, -0.1) is 0 Å². The number of nitrogen functional groups attached to an aromatic ring is 1. The van der Waals surface area contributed by atoms with Gasteiger partial charge in [-0.1, -0.05) is 0 Å². The van der Waals surface area contributed by atoms with Crippen molar-refractivity contribution in [3.63, 3.8) is 0 Å². The number of hydrogen-bond donors (Lipinski definition) is 2. The molecule has 1 rings (SSSR count). The van der Waals surface area contributed by atoms with Crippen LogP contribution in [0.15, 0.2) is 23.1 Å². The first kappa shape index (κ1) is 12.7. The molecule has 0 radical (unpaired) electrons. The molecular formula is C11H16N2O2S. The summed E-state index contributed by atoms with van der Waals surface area (Å²) < 4.78 is 11.9. The maximum atomic E-state index is 11.9. The molecule has 0 saturated carbocycles. The topological polar surface area (TPSA) is 72.2 Å². The molecule has 1 aromatic carbocycles. The lowest BCUT2D eigenvalue weighted by atomic mass is 10.2. The fourth-order valence-electron chi connectivity index (χ4n) is 1.37. The zero-order valence-corrected chi connectivity index (χ0v) is 10.3. The molecule has 0 saturated heterocycles. The molecule has 1 unspecified atom stereocenters. The lowest BCUT2D eigenvalue weighted by molar-refractivity contribution is -0.118. The van der Waals surface area contributed by atoms with Crippen molar-refractivity contribution >= 4 is 22.4 Å². The number of aryl methyl sites for hydroxylation is 1. The maximum absolute atomic E-state index is 11.9. The summed E-state index contributed by atoms with van der Waals surface area (Å²) in [5.74, 6) is -0.199. The summed E-state index contributed by atoms with van der Waals surface area (Å²) in [6, 6.07) is 5.16. The largest absolute Gasteiger partial charge is 0.399 e. The third-order valence-electron chi connectivity index (χ3n) is 2.08. The Morgan fingerprint density at radius 3 is 2.75 bits per heavy atom. The van der Waals surface area contributed by atoms with Crippen molar-refractivity contribution in [3.8, 4) is 0 Å². The smallest absolute Gasteiger partial charge is 0.232 e. The lowest BCUT2D eigenvalue weighted by Gasteiger charge is -2.06. The second-order valence-electron chi connectivity index (χ2n) is 3.47. The Morgan fingerprint density at radius 2 is 2.19 bits per heavy atom. The van der Waals surface area contributed by atoms with Crippen molar-refractivity contribution in [2.45, 2.75) is 18.7 Å². The molecule has 88 valence electrons. The summed E-state index contributed by atoms with van der Waals surface area (Å²) in [4.78, 5) is 11.9. The van der Waals surface area contributed by atoms with E-state index in [1.807, 2.05) is 13.8 Å².